The van der Waals surface area contributed by atoms with Gasteiger partial charge in [-0.15, -0.1) is 0 Å². The molecular weight excluding hydrogens is 446 g/mol. The van der Waals surface area contributed by atoms with E-state index in [1.165, 1.54) is 13.1 Å². The molecule has 0 aromatic heterocycles. The van der Waals surface area contributed by atoms with E-state index in [4.69, 9.17) is 4.74 Å². The smallest absolute Gasteiger partial charge is 0.258 e. The standard InChI is InChI=1S/C27H35N3O5/c1-4-5-6-21-24(31)22(26(33)28-2)14-23(25(21)32)27(34)30-15-17-7-8-20(13-18(17)16-30)35-19-9-11-29(3)12-10-19/h7-8,13-14,19,31-32H,4-6,9-12,15-16H2,1-3H3,(H,28,33). The maximum atomic E-state index is 13.5. The molecule has 3 N–H and O–H groups in total. The van der Waals surface area contributed by atoms with E-state index in [1.807, 2.05) is 25.1 Å². The fourth-order valence-electron chi connectivity index (χ4n) is 4.83. The molecule has 0 radical (unpaired) electrons. The highest BCUT2D eigenvalue weighted by Crippen LogP contribution is 2.38. The molecule has 0 atom stereocenters. The summed E-state index contributed by atoms with van der Waals surface area (Å²) < 4.78 is 6.21. The van der Waals surface area contributed by atoms with E-state index in [-0.39, 0.29) is 40.2 Å². The summed E-state index contributed by atoms with van der Waals surface area (Å²) in [5.74, 6) is -0.596. The second-order valence-electron chi connectivity index (χ2n) is 9.54. The molecule has 0 saturated carbocycles. The molecule has 1 fully saturated rings. The average Bonchev–Trinajstić information content (AvgIpc) is 3.28. The molecule has 0 aliphatic carbocycles. The van der Waals surface area contributed by atoms with Crippen molar-refractivity contribution in [2.75, 3.05) is 27.2 Å². The molecule has 0 spiro atoms. The van der Waals surface area contributed by atoms with Crippen LogP contribution in [0.4, 0.5) is 0 Å². The Morgan fingerprint density at radius 1 is 1.06 bits per heavy atom. The number of ether oxygens (including phenoxy) is 1. The minimum absolute atomic E-state index is 0.00900. The van der Waals surface area contributed by atoms with Gasteiger partial charge in [-0.3, -0.25) is 9.59 Å². The van der Waals surface area contributed by atoms with Crippen LogP contribution < -0.4 is 10.1 Å². The van der Waals surface area contributed by atoms with E-state index in [0.717, 1.165) is 49.2 Å². The first kappa shape index (κ1) is 24.9. The number of likely N-dealkylation sites (tertiary alicyclic amines) is 1. The molecule has 1 saturated heterocycles. The Balaban J connectivity index is 1.55. The van der Waals surface area contributed by atoms with Crippen molar-refractivity contribution in [3.63, 3.8) is 0 Å². The number of hydrogen-bond donors (Lipinski definition) is 3. The van der Waals surface area contributed by atoms with E-state index in [0.29, 0.717) is 25.9 Å². The lowest BCUT2D eigenvalue weighted by atomic mass is 9.97. The van der Waals surface area contributed by atoms with E-state index >= 15 is 0 Å². The molecular formula is C27H35N3O5. The van der Waals surface area contributed by atoms with E-state index in [1.54, 1.807) is 4.90 Å². The minimum Gasteiger partial charge on any atom is -0.507 e. The lowest BCUT2D eigenvalue weighted by Gasteiger charge is -2.29. The summed E-state index contributed by atoms with van der Waals surface area (Å²) in [6.45, 7) is 4.83. The van der Waals surface area contributed by atoms with Crippen LogP contribution in [0.1, 0.15) is 70.0 Å². The van der Waals surface area contributed by atoms with Crippen LogP contribution in [0, 0.1) is 0 Å². The topological polar surface area (TPSA) is 102 Å². The predicted octanol–water partition coefficient (Wildman–Crippen LogP) is 3.43. The Morgan fingerprint density at radius 2 is 1.74 bits per heavy atom. The van der Waals surface area contributed by atoms with Gasteiger partial charge >= 0.3 is 0 Å². The summed E-state index contributed by atoms with van der Waals surface area (Å²) in [6, 6.07) is 7.24. The van der Waals surface area contributed by atoms with Gasteiger partial charge in [0.15, 0.2) is 0 Å². The summed E-state index contributed by atoms with van der Waals surface area (Å²) in [6.07, 6.45) is 4.11. The van der Waals surface area contributed by atoms with E-state index in [2.05, 4.69) is 17.3 Å². The zero-order chi connectivity index (χ0) is 25.1. The van der Waals surface area contributed by atoms with Crippen LogP contribution in [-0.2, 0) is 19.5 Å². The monoisotopic (exact) mass is 481 g/mol. The molecule has 4 rings (SSSR count). The molecule has 2 aromatic rings. The zero-order valence-corrected chi connectivity index (χ0v) is 20.8. The SMILES string of the molecule is CCCCc1c(O)c(C(=O)NC)cc(C(=O)N2Cc3ccc(OC4CCN(C)CC4)cc3C2)c1O. The van der Waals surface area contributed by atoms with Crippen LogP contribution >= 0.6 is 0 Å². The summed E-state index contributed by atoms with van der Waals surface area (Å²) in [5, 5.41) is 24.0. The van der Waals surface area contributed by atoms with Gasteiger partial charge in [0.25, 0.3) is 11.8 Å². The van der Waals surface area contributed by atoms with Crippen LogP contribution in [0.2, 0.25) is 0 Å². The molecule has 2 aliphatic rings. The second kappa shape index (κ2) is 10.6. The first-order valence-electron chi connectivity index (χ1n) is 12.4. The Labute approximate surface area is 206 Å². The van der Waals surface area contributed by atoms with Crippen molar-refractivity contribution in [1.29, 1.82) is 0 Å². The first-order valence-corrected chi connectivity index (χ1v) is 12.4. The van der Waals surface area contributed by atoms with Gasteiger partial charge < -0.3 is 30.1 Å². The van der Waals surface area contributed by atoms with Crippen molar-refractivity contribution in [3.05, 3.63) is 52.1 Å². The molecule has 35 heavy (non-hydrogen) atoms. The number of aromatic hydroxyl groups is 2. The highest BCUT2D eigenvalue weighted by molar-refractivity contribution is 6.04. The van der Waals surface area contributed by atoms with Crippen LogP contribution in [0.15, 0.2) is 24.3 Å². The van der Waals surface area contributed by atoms with Gasteiger partial charge in [-0.05, 0) is 62.1 Å². The van der Waals surface area contributed by atoms with Crippen molar-refractivity contribution in [3.8, 4) is 17.2 Å². The van der Waals surface area contributed by atoms with Gasteiger partial charge in [0.05, 0.1) is 11.1 Å². The molecule has 2 heterocycles. The van der Waals surface area contributed by atoms with Gasteiger partial charge in [-0.1, -0.05) is 19.4 Å². The highest BCUT2D eigenvalue weighted by atomic mass is 16.5. The molecule has 8 heteroatoms. The second-order valence-corrected chi connectivity index (χ2v) is 9.54. The lowest BCUT2D eigenvalue weighted by molar-refractivity contribution is 0.0747. The third-order valence-electron chi connectivity index (χ3n) is 7.01. The normalized spacial score (nSPS) is 16.3. The number of phenolic OH excluding ortho intramolecular Hbond substituents is 2. The summed E-state index contributed by atoms with van der Waals surface area (Å²) in [7, 11) is 3.58. The van der Waals surface area contributed by atoms with Crippen LogP contribution in [0.5, 0.6) is 17.2 Å². The largest absolute Gasteiger partial charge is 0.507 e. The Bertz CT molecular complexity index is 1110. The quantitative estimate of drug-likeness (QED) is 0.560. The third kappa shape index (κ3) is 5.22. The number of fused-ring (bicyclic) bond motifs is 1. The lowest BCUT2D eigenvalue weighted by Crippen LogP contribution is -2.35. The van der Waals surface area contributed by atoms with Crippen molar-refractivity contribution in [2.45, 2.75) is 58.2 Å². The number of carbonyl (C=O) groups excluding carboxylic acids is 2. The maximum absolute atomic E-state index is 13.5. The van der Waals surface area contributed by atoms with E-state index < -0.39 is 5.91 Å². The van der Waals surface area contributed by atoms with Gasteiger partial charge in [-0.25, -0.2) is 0 Å². The number of piperidine rings is 1. The molecule has 188 valence electrons. The molecule has 8 nitrogen and oxygen atoms in total. The summed E-state index contributed by atoms with van der Waals surface area (Å²) in [4.78, 5) is 29.8. The minimum atomic E-state index is -0.505. The number of carbonyl (C=O) groups is 2. The number of nitrogens with one attached hydrogen (secondary N) is 1. The Hall–Kier alpha value is -3.26. The van der Waals surface area contributed by atoms with Gasteiger partial charge in [-0.2, -0.15) is 0 Å². The number of nitrogens with zero attached hydrogens (tertiary/aromatic N) is 2. The van der Waals surface area contributed by atoms with Crippen molar-refractivity contribution >= 4 is 11.8 Å². The Morgan fingerprint density at radius 3 is 2.43 bits per heavy atom. The Kier molecular flexibility index (Phi) is 7.50. The molecule has 0 unspecified atom stereocenters. The fourth-order valence-corrected chi connectivity index (χ4v) is 4.83. The summed E-state index contributed by atoms with van der Waals surface area (Å²) >= 11 is 0. The number of benzene rings is 2. The van der Waals surface area contributed by atoms with Gasteiger partial charge in [0, 0.05) is 38.8 Å². The number of phenols is 2. The average molecular weight is 482 g/mol. The number of rotatable bonds is 7. The number of unbranched alkanes of at least 4 members (excludes halogenated alkanes) is 1. The van der Waals surface area contributed by atoms with Gasteiger partial charge in [0.2, 0.25) is 0 Å². The van der Waals surface area contributed by atoms with Crippen molar-refractivity contribution < 1.29 is 24.5 Å². The van der Waals surface area contributed by atoms with Crippen molar-refractivity contribution in [1.82, 2.24) is 15.1 Å². The zero-order valence-electron chi connectivity index (χ0n) is 20.8. The molecule has 2 amide bonds. The van der Waals surface area contributed by atoms with E-state index in [9.17, 15) is 19.8 Å². The predicted molar refractivity (Wildman–Crippen MR) is 133 cm³/mol. The molecule has 0 bridgehead atoms. The highest BCUT2D eigenvalue weighted by Gasteiger charge is 2.30. The van der Waals surface area contributed by atoms with Crippen LogP contribution in [0.25, 0.3) is 0 Å². The molecule has 2 aliphatic heterocycles. The van der Waals surface area contributed by atoms with Crippen LogP contribution in [0.3, 0.4) is 0 Å². The third-order valence-corrected chi connectivity index (χ3v) is 7.01. The first-order chi connectivity index (χ1) is 16.8. The summed E-state index contributed by atoms with van der Waals surface area (Å²) in [5.41, 5.74) is 2.31. The maximum Gasteiger partial charge on any atom is 0.258 e. The van der Waals surface area contributed by atoms with Crippen molar-refractivity contribution in [2.24, 2.45) is 0 Å². The number of hydrogen-bond acceptors (Lipinski definition) is 6. The number of amides is 2. The molecule has 2 aromatic carbocycles. The fraction of sp³-hybridized carbons (Fsp3) is 0.481. The van der Waals surface area contributed by atoms with Crippen LogP contribution in [-0.4, -0.2) is 65.1 Å². The van der Waals surface area contributed by atoms with Gasteiger partial charge in [0.1, 0.15) is 23.4 Å².